The van der Waals surface area contributed by atoms with Gasteiger partial charge in [0.2, 0.25) is 15.9 Å². The number of rotatable bonds is 10. The molecule has 0 N–H and O–H groups in total. The number of carbonyl (C=O) groups is 1. The molecular weight excluding hydrogens is 460 g/mol. The molecule has 1 aliphatic rings. The average molecular weight is 491 g/mol. The van der Waals surface area contributed by atoms with Crippen LogP contribution in [0.2, 0.25) is 0 Å². The van der Waals surface area contributed by atoms with E-state index >= 15 is 0 Å². The Kier molecular flexibility index (Phi) is 8.59. The molecule has 0 spiro atoms. The van der Waals surface area contributed by atoms with Crippen LogP contribution < -0.4 is 4.90 Å². The molecule has 2 aromatic rings. The molecule has 184 valence electrons. The Bertz CT molecular complexity index is 1100. The summed E-state index contributed by atoms with van der Waals surface area (Å²) in [5.74, 6) is -0.134. The molecule has 1 fully saturated rings. The van der Waals surface area contributed by atoms with Gasteiger partial charge in [-0.1, -0.05) is 44.2 Å². The fourth-order valence-corrected chi connectivity index (χ4v) is 5.39. The summed E-state index contributed by atoms with van der Waals surface area (Å²) in [6.45, 7) is 5.89. The maximum Gasteiger partial charge on any atom is 0.293 e. The number of anilines is 1. The summed E-state index contributed by atoms with van der Waals surface area (Å²) in [6, 6.07) is 13.6. The van der Waals surface area contributed by atoms with Crippen molar-refractivity contribution in [2.75, 3.05) is 50.8 Å². The van der Waals surface area contributed by atoms with E-state index in [9.17, 15) is 23.3 Å². The van der Waals surface area contributed by atoms with Crippen molar-refractivity contribution in [2.24, 2.45) is 0 Å². The van der Waals surface area contributed by atoms with Crippen molar-refractivity contribution in [3.05, 3.63) is 64.2 Å². The van der Waals surface area contributed by atoms with Crippen LogP contribution in [0.15, 0.2) is 53.4 Å². The molecule has 0 aliphatic carbocycles. The van der Waals surface area contributed by atoms with Gasteiger partial charge in [-0.25, -0.2) is 8.42 Å². The highest BCUT2D eigenvalue weighted by atomic mass is 32.2. The number of amides is 1. The highest BCUT2D eigenvalue weighted by Gasteiger charge is 2.29. The third-order valence-electron chi connectivity index (χ3n) is 5.80. The second-order valence-electron chi connectivity index (χ2n) is 7.84. The van der Waals surface area contributed by atoms with Crippen molar-refractivity contribution in [3.63, 3.8) is 0 Å². The Morgan fingerprint density at radius 1 is 1.06 bits per heavy atom. The second-order valence-corrected chi connectivity index (χ2v) is 9.78. The minimum absolute atomic E-state index is 0.0348. The van der Waals surface area contributed by atoms with E-state index in [-0.39, 0.29) is 36.2 Å². The summed E-state index contributed by atoms with van der Waals surface area (Å²) >= 11 is 0. The molecule has 0 saturated carbocycles. The van der Waals surface area contributed by atoms with E-state index in [4.69, 9.17) is 4.74 Å². The Labute approximate surface area is 199 Å². The van der Waals surface area contributed by atoms with Crippen molar-refractivity contribution in [1.82, 2.24) is 9.21 Å². The van der Waals surface area contributed by atoms with Gasteiger partial charge in [0.1, 0.15) is 12.3 Å². The summed E-state index contributed by atoms with van der Waals surface area (Å²) in [5.41, 5.74) is 1.06. The number of benzene rings is 2. The summed E-state index contributed by atoms with van der Waals surface area (Å²) in [6.07, 6.45) is 0. The summed E-state index contributed by atoms with van der Waals surface area (Å²) in [7, 11) is -3.81. The van der Waals surface area contributed by atoms with Crippen LogP contribution in [0.1, 0.15) is 19.4 Å². The highest BCUT2D eigenvalue weighted by molar-refractivity contribution is 7.89. The quantitative estimate of drug-likeness (QED) is 0.371. The largest absolute Gasteiger partial charge is 0.367 e. The molecule has 34 heavy (non-hydrogen) atoms. The van der Waals surface area contributed by atoms with E-state index in [0.717, 1.165) is 11.6 Å². The molecule has 2 aromatic carbocycles. The van der Waals surface area contributed by atoms with Gasteiger partial charge in [-0.2, -0.15) is 4.31 Å². The summed E-state index contributed by atoms with van der Waals surface area (Å²) < 4.78 is 32.4. The third kappa shape index (κ3) is 5.91. The number of nitro benzene ring substituents is 1. The number of hydrogen-bond donors (Lipinski definition) is 0. The van der Waals surface area contributed by atoms with Gasteiger partial charge in [-0.3, -0.25) is 14.9 Å². The maximum absolute atomic E-state index is 12.8. The molecule has 11 heteroatoms. The molecule has 0 atom stereocenters. The number of hydrogen-bond acceptors (Lipinski definition) is 7. The first-order chi connectivity index (χ1) is 16.3. The van der Waals surface area contributed by atoms with Gasteiger partial charge in [0, 0.05) is 45.3 Å². The number of nitro groups is 1. The van der Waals surface area contributed by atoms with Crippen LogP contribution >= 0.6 is 0 Å². The predicted octanol–water partition coefficient (Wildman–Crippen LogP) is 2.49. The summed E-state index contributed by atoms with van der Waals surface area (Å²) in [5, 5.41) is 11.7. The first-order valence-electron chi connectivity index (χ1n) is 11.2. The minimum Gasteiger partial charge on any atom is -0.367 e. The Morgan fingerprint density at radius 2 is 1.71 bits per heavy atom. The molecule has 0 unspecified atom stereocenters. The van der Waals surface area contributed by atoms with Crippen LogP contribution in [0, 0.1) is 10.1 Å². The van der Waals surface area contributed by atoms with Crippen LogP contribution in [0.25, 0.3) is 0 Å². The molecule has 0 aromatic heterocycles. The van der Waals surface area contributed by atoms with Crippen LogP contribution in [0.3, 0.4) is 0 Å². The number of sulfonamides is 1. The van der Waals surface area contributed by atoms with E-state index in [1.54, 1.807) is 23.6 Å². The van der Waals surface area contributed by atoms with Gasteiger partial charge in [0.05, 0.1) is 16.4 Å². The van der Waals surface area contributed by atoms with Gasteiger partial charge in [0.25, 0.3) is 5.69 Å². The normalized spacial score (nSPS) is 14.4. The molecule has 1 saturated heterocycles. The van der Waals surface area contributed by atoms with Crippen LogP contribution in [0.4, 0.5) is 11.4 Å². The first kappa shape index (κ1) is 25.6. The number of nitrogens with zero attached hydrogens (tertiary/aromatic N) is 4. The fraction of sp³-hybridized carbons (Fsp3) is 0.435. The molecule has 1 amide bonds. The lowest BCUT2D eigenvalue weighted by Gasteiger charge is -2.35. The zero-order valence-electron chi connectivity index (χ0n) is 19.4. The predicted molar refractivity (Wildman–Crippen MR) is 128 cm³/mol. The molecule has 0 radical (unpaired) electrons. The Balaban J connectivity index is 1.64. The van der Waals surface area contributed by atoms with Crippen LogP contribution in [0.5, 0.6) is 0 Å². The third-order valence-corrected chi connectivity index (χ3v) is 7.84. The second kappa shape index (κ2) is 11.4. The van der Waals surface area contributed by atoms with Crippen LogP contribution in [-0.2, 0) is 26.2 Å². The Hall–Kier alpha value is -3.02. The van der Waals surface area contributed by atoms with E-state index in [2.05, 4.69) is 0 Å². The molecular formula is C23H30N4O6S. The fourth-order valence-electron chi connectivity index (χ4n) is 3.91. The number of ether oxygens (including phenoxy) is 1. The molecule has 3 rings (SSSR count). The number of carbonyl (C=O) groups excluding carboxylic acids is 1. The highest BCUT2D eigenvalue weighted by Crippen LogP contribution is 2.32. The summed E-state index contributed by atoms with van der Waals surface area (Å²) in [4.78, 5) is 27.0. The van der Waals surface area contributed by atoms with E-state index in [1.165, 1.54) is 16.4 Å². The van der Waals surface area contributed by atoms with E-state index in [1.807, 2.05) is 30.3 Å². The van der Waals surface area contributed by atoms with Crippen molar-refractivity contribution >= 4 is 27.3 Å². The zero-order chi connectivity index (χ0) is 24.7. The lowest BCUT2D eigenvalue weighted by atomic mass is 10.2. The molecule has 0 bridgehead atoms. The molecule has 1 aliphatic heterocycles. The topological polar surface area (TPSA) is 113 Å². The van der Waals surface area contributed by atoms with Gasteiger partial charge >= 0.3 is 0 Å². The van der Waals surface area contributed by atoms with Gasteiger partial charge in [-0.15, -0.1) is 0 Å². The molecule has 10 nitrogen and oxygen atoms in total. The van der Waals surface area contributed by atoms with E-state index < -0.39 is 14.9 Å². The lowest BCUT2D eigenvalue weighted by Crippen LogP contribution is -2.49. The number of piperazine rings is 1. The lowest BCUT2D eigenvalue weighted by molar-refractivity contribution is -0.384. The van der Waals surface area contributed by atoms with E-state index in [0.29, 0.717) is 38.5 Å². The van der Waals surface area contributed by atoms with Crippen molar-refractivity contribution in [2.45, 2.75) is 25.3 Å². The first-order valence-corrected chi connectivity index (χ1v) is 12.6. The minimum atomic E-state index is -3.81. The SMILES string of the molecule is CCN(CC)S(=O)(=O)c1ccc(N2CCN(C(=O)COCc3ccccc3)CC2)c([N+](=O)[O-])c1. The maximum atomic E-state index is 12.8. The average Bonchev–Trinajstić information content (AvgIpc) is 2.85. The smallest absolute Gasteiger partial charge is 0.293 e. The van der Waals surface area contributed by atoms with Gasteiger partial charge in [-0.05, 0) is 17.7 Å². The van der Waals surface area contributed by atoms with Gasteiger partial charge < -0.3 is 14.5 Å². The van der Waals surface area contributed by atoms with Crippen molar-refractivity contribution < 1.29 is 22.9 Å². The van der Waals surface area contributed by atoms with Crippen LogP contribution in [-0.4, -0.2) is 74.3 Å². The zero-order valence-corrected chi connectivity index (χ0v) is 20.2. The monoisotopic (exact) mass is 490 g/mol. The van der Waals surface area contributed by atoms with Crippen molar-refractivity contribution in [1.29, 1.82) is 0 Å². The Morgan fingerprint density at radius 3 is 2.29 bits per heavy atom. The molecule has 1 heterocycles. The van der Waals surface area contributed by atoms with Crippen molar-refractivity contribution in [3.8, 4) is 0 Å². The van der Waals surface area contributed by atoms with Gasteiger partial charge in [0.15, 0.2) is 0 Å². The standard InChI is InChI=1S/C23H30N4O6S/c1-3-26(4-2)34(31,32)20-10-11-21(22(16-20)27(29)30)24-12-14-25(15-13-24)23(28)18-33-17-19-8-6-5-7-9-19/h5-11,16H,3-4,12-15,17-18H2,1-2H3.